The molecule has 2 N–H and O–H groups in total. The molecular formula is C27H33N3. The molecule has 0 atom stereocenters. The molecule has 4 rings (SSSR count). The Kier molecular flexibility index (Phi) is 6.33. The molecule has 3 nitrogen and oxygen atoms in total. The van der Waals surface area contributed by atoms with Gasteiger partial charge < -0.3 is 0 Å². The number of hydrogen-bond donors (Lipinski definition) is 2. The Labute approximate surface area is 181 Å². The van der Waals surface area contributed by atoms with Gasteiger partial charge in [0.25, 0.3) is 0 Å². The molecule has 0 radical (unpaired) electrons. The minimum atomic E-state index is -0.494. The van der Waals surface area contributed by atoms with Gasteiger partial charge in [-0.2, -0.15) is 5.53 Å². The van der Waals surface area contributed by atoms with E-state index in [2.05, 4.69) is 110 Å². The van der Waals surface area contributed by atoms with Crippen LogP contribution in [0.5, 0.6) is 0 Å². The van der Waals surface area contributed by atoms with Crippen molar-refractivity contribution in [2.75, 3.05) is 13.1 Å². The van der Waals surface area contributed by atoms with Gasteiger partial charge in [0.15, 0.2) is 0 Å². The van der Waals surface area contributed by atoms with Crippen LogP contribution < -0.4 is 11.0 Å². The van der Waals surface area contributed by atoms with Gasteiger partial charge in [0.05, 0.1) is 0 Å². The van der Waals surface area contributed by atoms with E-state index in [9.17, 15) is 0 Å². The van der Waals surface area contributed by atoms with E-state index in [1.165, 1.54) is 52.6 Å². The van der Waals surface area contributed by atoms with E-state index < -0.39 is 5.54 Å². The van der Waals surface area contributed by atoms with Crippen molar-refractivity contribution in [3.63, 3.8) is 0 Å². The molecule has 3 aromatic carbocycles. The molecule has 156 valence electrons. The number of piperidine rings is 1. The highest BCUT2D eigenvalue weighted by atomic mass is 15.7. The Morgan fingerprint density at radius 3 is 1.30 bits per heavy atom. The minimum Gasteiger partial charge on any atom is -0.231 e. The molecule has 0 unspecified atom stereocenters. The Morgan fingerprint density at radius 1 is 0.567 bits per heavy atom. The third kappa shape index (κ3) is 4.34. The predicted molar refractivity (Wildman–Crippen MR) is 125 cm³/mol. The first-order chi connectivity index (χ1) is 14.6. The van der Waals surface area contributed by atoms with Crippen LogP contribution in [0.1, 0.15) is 52.6 Å². The molecule has 3 aromatic rings. The highest BCUT2D eigenvalue weighted by molar-refractivity contribution is 5.50. The van der Waals surface area contributed by atoms with Crippen molar-refractivity contribution in [2.24, 2.45) is 0 Å². The fourth-order valence-corrected chi connectivity index (χ4v) is 4.30. The van der Waals surface area contributed by atoms with Crippen LogP contribution in [0.3, 0.4) is 0 Å². The van der Waals surface area contributed by atoms with Gasteiger partial charge in [0, 0.05) is 13.1 Å². The number of nitrogens with one attached hydrogen (secondary N) is 2. The van der Waals surface area contributed by atoms with Crippen LogP contribution in [0.2, 0.25) is 0 Å². The first-order valence-corrected chi connectivity index (χ1v) is 11.1. The average molecular weight is 400 g/mol. The van der Waals surface area contributed by atoms with Crippen molar-refractivity contribution < 1.29 is 0 Å². The maximum atomic E-state index is 3.79. The monoisotopic (exact) mass is 399 g/mol. The molecule has 0 aromatic heterocycles. The zero-order valence-electron chi connectivity index (χ0n) is 18.4. The first-order valence-electron chi connectivity index (χ1n) is 11.1. The first kappa shape index (κ1) is 20.8. The van der Waals surface area contributed by atoms with Crippen LogP contribution >= 0.6 is 0 Å². The molecule has 0 amide bonds. The summed E-state index contributed by atoms with van der Waals surface area (Å²) in [4.78, 5) is 0. The van der Waals surface area contributed by atoms with Crippen molar-refractivity contribution in [3.05, 3.63) is 106 Å². The van der Waals surface area contributed by atoms with Crippen molar-refractivity contribution in [2.45, 2.75) is 45.6 Å². The third-order valence-corrected chi connectivity index (χ3v) is 6.21. The molecule has 1 aliphatic rings. The molecule has 1 heterocycles. The van der Waals surface area contributed by atoms with Gasteiger partial charge in [-0.25, -0.2) is 10.4 Å². The number of hydrazine groups is 2. The highest BCUT2D eigenvalue weighted by Gasteiger charge is 2.36. The lowest BCUT2D eigenvalue weighted by Crippen LogP contribution is -2.58. The lowest BCUT2D eigenvalue weighted by atomic mass is 9.77. The van der Waals surface area contributed by atoms with Crippen molar-refractivity contribution in [1.29, 1.82) is 0 Å². The summed E-state index contributed by atoms with van der Waals surface area (Å²) in [6.07, 6.45) is 3.79. The molecule has 1 saturated heterocycles. The minimum absolute atomic E-state index is 0.494. The van der Waals surface area contributed by atoms with Gasteiger partial charge in [-0.1, -0.05) is 95.9 Å². The predicted octanol–water partition coefficient (Wildman–Crippen LogP) is 5.40. The van der Waals surface area contributed by atoms with Crippen LogP contribution in [0.25, 0.3) is 0 Å². The van der Waals surface area contributed by atoms with Gasteiger partial charge in [0.1, 0.15) is 5.54 Å². The van der Waals surface area contributed by atoms with Gasteiger partial charge in [0.2, 0.25) is 0 Å². The topological polar surface area (TPSA) is 27.3 Å². The lowest BCUT2D eigenvalue weighted by Gasteiger charge is -2.40. The van der Waals surface area contributed by atoms with Crippen LogP contribution in [-0.2, 0) is 5.54 Å². The number of hydrogen-bond acceptors (Lipinski definition) is 3. The summed E-state index contributed by atoms with van der Waals surface area (Å²) in [5, 5.41) is 2.31. The summed E-state index contributed by atoms with van der Waals surface area (Å²) in [5.74, 6) is 0. The quantitative estimate of drug-likeness (QED) is 0.429. The summed E-state index contributed by atoms with van der Waals surface area (Å²) in [5.41, 5.74) is 14.4. The standard InChI is InChI=1S/C27H33N3/c1-21-7-13-24(14-8-21)27(25-15-9-22(2)10-16-25,26-17-11-23(3)12-18-26)28-29-30-19-5-4-6-20-30/h7-18,28-29H,4-6,19-20H2,1-3H3. The summed E-state index contributed by atoms with van der Waals surface area (Å²) in [7, 11) is 0. The molecule has 1 fully saturated rings. The normalized spacial score (nSPS) is 15.3. The summed E-state index contributed by atoms with van der Waals surface area (Å²) >= 11 is 0. The van der Waals surface area contributed by atoms with Gasteiger partial charge >= 0.3 is 0 Å². The van der Waals surface area contributed by atoms with E-state index in [4.69, 9.17) is 0 Å². The second-order valence-electron chi connectivity index (χ2n) is 8.63. The Bertz CT molecular complexity index is 826. The Balaban J connectivity index is 1.85. The van der Waals surface area contributed by atoms with Crippen LogP contribution in [0.15, 0.2) is 72.8 Å². The number of nitrogens with zero attached hydrogens (tertiary/aromatic N) is 1. The largest absolute Gasteiger partial charge is 0.231 e. The average Bonchev–Trinajstić information content (AvgIpc) is 2.78. The van der Waals surface area contributed by atoms with Gasteiger partial charge in [-0.05, 0) is 50.3 Å². The number of aryl methyl sites for hydroxylation is 3. The van der Waals surface area contributed by atoms with Crippen LogP contribution in [0, 0.1) is 20.8 Å². The zero-order valence-corrected chi connectivity index (χ0v) is 18.4. The molecule has 0 spiro atoms. The molecule has 1 aliphatic heterocycles. The second kappa shape index (κ2) is 9.13. The van der Waals surface area contributed by atoms with Gasteiger partial charge in [-0.3, -0.25) is 0 Å². The molecular weight excluding hydrogens is 366 g/mol. The fraction of sp³-hybridized carbons (Fsp3) is 0.333. The van der Waals surface area contributed by atoms with E-state index in [-0.39, 0.29) is 0 Å². The smallest absolute Gasteiger partial charge is 0.109 e. The summed E-state index contributed by atoms with van der Waals surface area (Å²) < 4.78 is 0. The second-order valence-corrected chi connectivity index (χ2v) is 8.63. The highest BCUT2D eigenvalue weighted by Crippen LogP contribution is 2.37. The molecule has 3 heteroatoms. The van der Waals surface area contributed by atoms with E-state index in [1.54, 1.807) is 0 Å². The molecule has 0 aliphatic carbocycles. The Hall–Kier alpha value is -2.46. The lowest BCUT2D eigenvalue weighted by molar-refractivity contribution is 0.104. The maximum Gasteiger partial charge on any atom is 0.109 e. The van der Waals surface area contributed by atoms with Gasteiger partial charge in [-0.15, -0.1) is 0 Å². The molecule has 0 saturated carbocycles. The maximum absolute atomic E-state index is 3.79. The van der Waals surface area contributed by atoms with E-state index in [0.717, 1.165) is 13.1 Å². The van der Waals surface area contributed by atoms with Crippen molar-refractivity contribution >= 4 is 0 Å². The van der Waals surface area contributed by atoms with Crippen LogP contribution in [-0.4, -0.2) is 18.1 Å². The zero-order chi connectivity index (χ0) is 21.0. The number of benzene rings is 3. The molecule has 30 heavy (non-hydrogen) atoms. The SMILES string of the molecule is Cc1ccc(C(NNN2CCCCC2)(c2ccc(C)cc2)c2ccc(C)cc2)cc1. The van der Waals surface area contributed by atoms with Crippen molar-refractivity contribution in [1.82, 2.24) is 16.0 Å². The number of rotatable bonds is 6. The third-order valence-electron chi connectivity index (χ3n) is 6.21. The molecule has 0 bridgehead atoms. The van der Waals surface area contributed by atoms with E-state index in [1.807, 2.05) is 0 Å². The summed E-state index contributed by atoms with van der Waals surface area (Å²) in [6, 6.07) is 26.7. The van der Waals surface area contributed by atoms with Crippen molar-refractivity contribution in [3.8, 4) is 0 Å². The van der Waals surface area contributed by atoms with E-state index >= 15 is 0 Å². The fourth-order valence-electron chi connectivity index (χ4n) is 4.30. The Morgan fingerprint density at radius 2 is 0.933 bits per heavy atom. The van der Waals surface area contributed by atoms with Crippen LogP contribution in [0.4, 0.5) is 0 Å². The summed E-state index contributed by atoms with van der Waals surface area (Å²) in [6.45, 7) is 8.56. The van der Waals surface area contributed by atoms with E-state index in [0.29, 0.717) is 0 Å².